The van der Waals surface area contributed by atoms with Gasteiger partial charge in [0.2, 0.25) is 0 Å². The molecule has 0 fully saturated rings. The molecule has 21 heavy (non-hydrogen) atoms. The molecule has 1 N–H and O–H groups in total. The lowest BCUT2D eigenvalue weighted by Gasteiger charge is -2.31. The highest BCUT2D eigenvalue weighted by atomic mass is 35.5. The van der Waals surface area contributed by atoms with Crippen molar-refractivity contribution in [3.63, 3.8) is 0 Å². The lowest BCUT2D eigenvalue weighted by atomic mass is 10.2. The van der Waals surface area contributed by atoms with E-state index in [-0.39, 0.29) is 0 Å². The molecular formula is C16H27Cl2N3. The monoisotopic (exact) mass is 331 g/mol. The van der Waals surface area contributed by atoms with Gasteiger partial charge in [0, 0.05) is 19.1 Å². The van der Waals surface area contributed by atoms with Crippen LogP contribution >= 0.6 is 23.2 Å². The van der Waals surface area contributed by atoms with Gasteiger partial charge in [-0.15, -0.1) is 0 Å². The molecule has 1 unspecified atom stereocenters. The lowest BCUT2D eigenvalue weighted by Crippen LogP contribution is -2.34. The summed E-state index contributed by atoms with van der Waals surface area (Å²) in [7, 11) is 0. The number of rotatable bonds is 9. The highest BCUT2D eigenvalue weighted by molar-refractivity contribution is 6.37. The Morgan fingerprint density at radius 2 is 1.90 bits per heavy atom. The third kappa shape index (κ3) is 5.23. The van der Waals surface area contributed by atoms with Crippen molar-refractivity contribution in [3.05, 3.63) is 16.1 Å². The normalized spacial score (nSPS) is 12.3. The van der Waals surface area contributed by atoms with Gasteiger partial charge in [0.15, 0.2) is 0 Å². The van der Waals surface area contributed by atoms with Crippen LogP contribution in [0.25, 0.3) is 0 Å². The maximum Gasteiger partial charge on any atom is 0.150 e. The zero-order valence-corrected chi connectivity index (χ0v) is 15.1. The first kappa shape index (κ1) is 18.4. The lowest BCUT2D eigenvalue weighted by molar-refractivity contribution is 0.590. The second-order valence-electron chi connectivity index (χ2n) is 5.36. The van der Waals surface area contributed by atoms with Gasteiger partial charge in [-0.2, -0.15) is 0 Å². The molecule has 0 bridgehead atoms. The van der Waals surface area contributed by atoms with Crippen LogP contribution in [0.2, 0.25) is 10.0 Å². The van der Waals surface area contributed by atoms with Gasteiger partial charge in [0.1, 0.15) is 11.6 Å². The second-order valence-corrected chi connectivity index (χ2v) is 6.17. The highest BCUT2D eigenvalue weighted by Crippen LogP contribution is 2.33. The molecule has 3 nitrogen and oxygen atoms in total. The molecule has 0 aromatic carbocycles. The SMILES string of the molecule is CCCCN(c1nc(NCCC)c(Cl)cc1Cl)C(C)CC. The molecule has 0 amide bonds. The molecule has 0 radical (unpaired) electrons. The summed E-state index contributed by atoms with van der Waals surface area (Å²) in [6, 6.07) is 2.20. The van der Waals surface area contributed by atoms with Gasteiger partial charge < -0.3 is 10.2 Å². The number of anilines is 2. The molecule has 5 heteroatoms. The zero-order valence-electron chi connectivity index (χ0n) is 13.5. The minimum atomic E-state index is 0.404. The van der Waals surface area contributed by atoms with E-state index in [4.69, 9.17) is 23.2 Å². The molecule has 1 heterocycles. The zero-order chi connectivity index (χ0) is 15.8. The van der Waals surface area contributed by atoms with Crippen molar-refractivity contribution in [2.24, 2.45) is 0 Å². The van der Waals surface area contributed by atoms with Crippen molar-refractivity contribution in [3.8, 4) is 0 Å². The summed E-state index contributed by atoms with van der Waals surface area (Å²) in [5.74, 6) is 1.56. The quantitative estimate of drug-likeness (QED) is 0.636. The smallest absolute Gasteiger partial charge is 0.150 e. The third-order valence-corrected chi connectivity index (χ3v) is 4.17. The van der Waals surface area contributed by atoms with E-state index >= 15 is 0 Å². The van der Waals surface area contributed by atoms with Crippen molar-refractivity contribution >= 4 is 34.8 Å². The fraction of sp³-hybridized carbons (Fsp3) is 0.688. The number of nitrogens with one attached hydrogen (secondary N) is 1. The molecule has 0 saturated carbocycles. The minimum Gasteiger partial charge on any atom is -0.369 e. The van der Waals surface area contributed by atoms with Crippen molar-refractivity contribution in [2.75, 3.05) is 23.3 Å². The molecule has 1 rings (SSSR count). The van der Waals surface area contributed by atoms with E-state index in [0.29, 0.717) is 16.1 Å². The summed E-state index contributed by atoms with van der Waals surface area (Å²) in [4.78, 5) is 6.97. The number of nitrogens with zero attached hydrogens (tertiary/aromatic N) is 2. The number of hydrogen-bond acceptors (Lipinski definition) is 3. The summed E-state index contributed by atoms with van der Waals surface area (Å²) < 4.78 is 0. The van der Waals surface area contributed by atoms with E-state index in [0.717, 1.165) is 50.4 Å². The molecule has 1 atom stereocenters. The van der Waals surface area contributed by atoms with Crippen molar-refractivity contribution in [2.45, 2.75) is 59.4 Å². The fourth-order valence-corrected chi connectivity index (χ4v) is 2.64. The van der Waals surface area contributed by atoms with Crippen LogP contribution < -0.4 is 10.2 Å². The Morgan fingerprint density at radius 3 is 2.48 bits per heavy atom. The fourth-order valence-electron chi connectivity index (χ4n) is 2.11. The van der Waals surface area contributed by atoms with Gasteiger partial charge in [0.05, 0.1) is 10.0 Å². The van der Waals surface area contributed by atoms with E-state index in [1.54, 1.807) is 6.07 Å². The van der Waals surface area contributed by atoms with Crippen LogP contribution in [0.4, 0.5) is 11.6 Å². The standard InChI is InChI=1S/C16H27Cl2N3/c1-5-8-10-21(12(4)7-3)16-14(18)11-13(17)15(20-16)19-9-6-2/h11-12H,5-10H2,1-4H3,(H,19,20). The van der Waals surface area contributed by atoms with Crippen LogP contribution in [0.1, 0.15) is 53.4 Å². The van der Waals surface area contributed by atoms with Crippen LogP contribution in [0.5, 0.6) is 0 Å². The predicted octanol–water partition coefficient (Wildman–Crippen LogP) is 5.62. The first-order chi connectivity index (χ1) is 10.0. The summed E-state index contributed by atoms with van der Waals surface area (Å²) in [5, 5.41) is 4.47. The van der Waals surface area contributed by atoms with Gasteiger partial charge in [-0.25, -0.2) is 4.98 Å². The topological polar surface area (TPSA) is 28.2 Å². The summed E-state index contributed by atoms with van der Waals surface area (Å²) in [5.41, 5.74) is 0. The molecule has 0 saturated heterocycles. The minimum absolute atomic E-state index is 0.404. The number of halogens is 2. The summed E-state index contributed by atoms with van der Waals surface area (Å²) in [6.07, 6.45) is 4.37. The number of pyridine rings is 1. The van der Waals surface area contributed by atoms with Crippen LogP contribution in [0.3, 0.4) is 0 Å². The number of hydrogen-bond donors (Lipinski definition) is 1. The van der Waals surface area contributed by atoms with Crippen LogP contribution in [-0.4, -0.2) is 24.1 Å². The van der Waals surface area contributed by atoms with Crippen LogP contribution in [0.15, 0.2) is 6.07 Å². The maximum atomic E-state index is 6.39. The molecule has 1 aromatic rings. The Labute approximate surface area is 139 Å². The average Bonchev–Trinajstić information content (AvgIpc) is 2.47. The molecular weight excluding hydrogens is 305 g/mol. The van der Waals surface area contributed by atoms with Gasteiger partial charge in [-0.1, -0.05) is 50.4 Å². The molecule has 1 aromatic heterocycles. The van der Waals surface area contributed by atoms with E-state index in [9.17, 15) is 0 Å². The van der Waals surface area contributed by atoms with E-state index in [1.807, 2.05) is 0 Å². The van der Waals surface area contributed by atoms with Crippen molar-refractivity contribution in [1.82, 2.24) is 4.98 Å². The van der Waals surface area contributed by atoms with Crippen LogP contribution in [-0.2, 0) is 0 Å². The predicted molar refractivity (Wildman–Crippen MR) is 95.0 cm³/mol. The Kier molecular flexibility index (Phi) is 8.20. The van der Waals surface area contributed by atoms with E-state index in [1.165, 1.54) is 0 Å². The third-order valence-electron chi connectivity index (χ3n) is 3.60. The van der Waals surface area contributed by atoms with Gasteiger partial charge in [-0.05, 0) is 32.3 Å². The molecule has 120 valence electrons. The Morgan fingerprint density at radius 1 is 1.19 bits per heavy atom. The maximum absolute atomic E-state index is 6.39. The largest absolute Gasteiger partial charge is 0.369 e. The van der Waals surface area contributed by atoms with Crippen LogP contribution in [0, 0.1) is 0 Å². The summed E-state index contributed by atoms with van der Waals surface area (Å²) in [6.45, 7) is 10.5. The molecule has 0 spiro atoms. The van der Waals surface area contributed by atoms with E-state index < -0.39 is 0 Å². The molecule has 0 aliphatic heterocycles. The van der Waals surface area contributed by atoms with Gasteiger partial charge >= 0.3 is 0 Å². The highest BCUT2D eigenvalue weighted by Gasteiger charge is 2.19. The van der Waals surface area contributed by atoms with Crippen molar-refractivity contribution < 1.29 is 0 Å². The number of aromatic nitrogens is 1. The van der Waals surface area contributed by atoms with Crippen molar-refractivity contribution in [1.29, 1.82) is 0 Å². The van der Waals surface area contributed by atoms with Gasteiger partial charge in [-0.3, -0.25) is 0 Å². The average molecular weight is 332 g/mol. The molecule has 0 aliphatic rings. The Bertz CT molecular complexity index is 438. The first-order valence-corrected chi connectivity index (χ1v) is 8.67. The Balaban J connectivity index is 3.10. The molecule has 0 aliphatic carbocycles. The van der Waals surface area contributed by atoms with E-state index in [2.05, 4.69) is 42.9 Å². The summed E-state index contributed by atoms with van der Waals surface area (Å²) >= 11 is 12.6. The number of unbranched alkanes of at least 4 members (excludes halogenated alkanes) is 1. The Hall–Kier alpha value is -0.670. The van der Waals surface area contributed by atoms with Gasteiger partial charge in [0.25, 0.3) is 0 Å². The first-order valence-electron chi connectivity index (χ1n) is 7.91. The second kappa shape index (κ2) is 9.37.